The molecule has 1 aromatic heterocycles. The lowest BCUT2D eigenvalue weighted by atomic mass is 9.69. The van der Waals surface area contributed by atoms with Crippen molar-refractivity contribution in [2.75, 3.05) is 16.9 Å². The molecule has 1 spiro atoms. The van der Waals surface area contributed by atoms with Gasteiger partial charge in [0.05, 0.1) is 5.92 Å². The fourth-order valence-electron chi connectivity index (χ4n) is 5.79. The second kappa shape index (κ2) is 7.65. The maximum atomic E-state index is 14.5. The Balaban J connectivity index is 1.63. The normalized spacial score (nSPS) is 28.1. The molecule has 166 valence electrons. The Bertz CT molecular complexity index is 1270. The first-order valence-electron chi connectivity index (χ1n) is 10.7. The molecule has 0 bridgehead atoms. The number of rotatable bonds is 3. The van der Waals surface area contributed by atoms with E-state index in [9.17, 15) is 14.0 Å². The second-order valence-corrected chi connectivity index (χ2v) is 10.0. The number of aromatic nitrogens is 1. The van der Waals surface area contributed by atoms with Gasteiger partial charge in [0, 0.05) is 57.8 Å². The van der Waals surface area contributed by atoms with Gasteiger partial charge >= 0.3 is 0 Å². The minimum Gasteiger partial charge on any atom is -0.324 e. The van der Waals surface area contributed by atoms with Gasteiger partial charge in [-0.2, -0.15) is 0 Å². The number of carbonyl (C=O) groups is 2. The highest BCUT2D eigenvalue weighted by molar-refractivity contribution is 7.99. The van der Waals surface area contributed by atoms with Gasteiger partial charge in [0.25, 0.3) is 0 Å². The highest BCUT2D eigenvalue weighted by atomic mass is 35.5. The van der Waals surface area contributed by atoms with E-state index in [0.29, 0.717) is 27.7 Å². The van der Waals surface area contributed by atoms with Gasteiger partial charge < -0.3 is 5.32 Å². The number of pyridine rings is 1. The lowest BCUT2D eigenvalue weighted by Gasteiger charge is -2.36. The van der Waals surface area contributed by atoms with E-state index < -0.39 is 17.3 Å². The van der Waals surface area contributed by atoms with Crippen molar-refractivity contribution < 1.29 is 14.0 Å². The average Bonchev–Trinajstić information content (AvgIpc) is 3.48. The molecule has 4 atom stereocenters. The summed E-state index contributed by atoms with van der Waals surface area (Å²) >= 11 is 7.88. The van der Waals surface area contributed by atoms with E-state index in [1.54, 1.807) is 36.2 Å². The summed E-state index contributed by atoms with van der Waals surface area (Å²) in [5.41, 5.74) is 1.15. The third-order valence-electron chi connectivity index (χ3n) is 7.07. The monoisotopic (exact) mass is 479 g/mol. The van der Waals surface area contributed by atoms with Crippen LogP contribution in [0.25, 0.3) is 0 Å². The van der Waals surface area contributed by atoms with Crippen molar-refractivity contribution in [1.82, 2.24) is 9.88 Å². The van der Waals surface area contributed by atoms with E-state index in [4.69, 9.17) is 11.6 Å². The van der Waals surface area contributed by atoms with Crippen LogP contribution in [0.1, 0.15) is 27.4 Å². The Labute approximate surface area is 199 Å². The fraction of sp³-hybridized carbons (Fsp3) is 0.240. The molecule has 1 N–H and O–H groups in total. The van der Waals surface area contributed by atoms with Crippen molar-refractivity contribution in [1.29, 1.82) is 0 Å². The number of hydrogen-bond acceptors (Lipinski definition) is 5. The average molecular weight is 480 g/mol. The summed E-state index contributed by atoms with van der Waals surface area (Å²) in [5.74, 6) is -0.569. The Morgan fingerprint density at radius 1 is 1.21 bits per heavy atom. The van der Waals surface area contributed by atoms with Gasteiger partial charge in [0.2, 0.25) is 5.91 Å². The molecule has 0 unspecified atom stereocenters. The molecule has 6 rings (SSSR count). The maximum Gasteiger partial charge on any atom is 0.250 e. The molecule has 2 fully saturated rings. The first kappa shape index (κ1) is 20.8. The van der Waals surface area contributed by atoms with Gasteiger partial charge in [-0.1, -0.05) is 23.7 Å². The molecule has 0 aliphatic carbocycles. The Morgan fingerprint density at radius 3 is 2.79 bits per heavy atom. The van der Waals surface area contributed by atoms with Gasteiger partial charge in [0.1, 0.15) is 11.4 Å². The summed E-state index contributed by atoms with van der Waals surface area (Å²) in [6.07, 6.45) is 3.15. The molecule has 4 heterocycles. The molecule has 2 aromatic carbocycles. The zero-order chi connectivity index (χ0) is 22.7. The first-order chi connectivity index (χ1) is 16.0. The number of benzene rings is 2. The fourth-order valence-corrected chi connectivity index (χ4v) is 7.25. The highest BCUT2D eigenvalue weighted by Gasteiger charge is 2.69. The number of anilines is 1. The number of nitrogens with zero attached hydrogens (tertiary/aromatic N) is 2. The Hall–Kier alpha value is -2.74. The Kier molecular flexibility index (Phi) is 4.83. The lowest BCUT2D eigenvalue weighted by molar-refractivity contribution is -0.127. The summed E-state index contributed by atoms with van der Waals surface area (Å²) < 4.78 is 14.5. The quantitative estimate of drug-likeness (QED) is 0.552. The maximum absolute atomic E-state index is 14.5. The van der Waals surface area contributed by atoms with Crippen molar-refractivity contribution in [2.45, 2.75) is 17.5 Å². The van der Waals surface area contributed by atoms with Crippen LogP contribution >= 0.6 is 23.4 Å². The first-order valence-corrected chi connectivity index (χ1v) is 12.2. The van der Waals surface area contributed by atoms with Crippen molar-refractivity contribution >= 4 is 40.7 Å². The van der Waals surface area contributed by atoms with Gasteiger partial charge in [-0.3, -0.25) is 19.5 Å². The number of amides is 1. The Morgan fingerprint density at radius 2 is 2.03 bits per heavy atom. The van der Waals surface area contributed by atoms with Crippen LogP contribution in [-0.4, -0.2) is 39.2 Å². The second-order valence-electron chi connectivity index (χ2n) is 8.61. The standard InChI is InChI=1S/C25H19ClFN3O2S/c26-16-5-3-14(4-6-16)21-20-12-33-13-30(20)25(22(21)23(31)15-2-1-9-28-11-15)18-10-17(27)7-8-19(18)29-24(25)32/h1-11,20-22H,12-13H2,(H,29,32)/t20-,21-,22+,25+/m0/s1. The van der Waals surface area contributed by atoms with Crippen molar-refractivity contribution in [3.63, 3.8) is 0 Å². The van der Waals surface area contributed by atoms with Crippen LogP contribution in [0, 0.1) is 11.7 Å². The summed E-state index contributed by atoms with van der Waals surface area (Å²) in [5, 5.41) is 3.54. The number of fused-ring (bicyclic) bond motifs is 4. The largest absolute Gasteiger partial charge is 0.324 e. The van der Waals surface area contributed by atoms with E-state index in [2.05, 4.69) is 15.2 Å². The van der Waals surface area contributed by atoms with Crippen molar-refractivity contribution in [2.24, 2.45) is 5.92 Å². The van der Waals surface area contributed by atoms with Crippen LogP contribution in [0.3, 0.4) is 0 Å². The van der Waals surface area contributed by atoms with E-state index in [1.807, 2.05) is 24.3 Å². The zero-order valence-corrected chi connectivity index (χ0v) is 18.9. The number of Topliss-reactive ketones (excluding diaryl/α,β-unsaturated/α-hetero) is 1. The number of carbonyl (C=O) groups excluding carboxylic acids is 2. The number of hydrogen-bond donors (Lipinski definition) is 1. The van der Waals surface area contributed by atoms with E-state index in [-0.39, 0.29) is 23.7 Å². The van der Waals surface area contributed by atoms with Gasteiger partial charge in [-0.25, -0.2) is 4.39 Å². The van der Waals surface area contributed by atoms with Crippen LogP contribution in [0.15, 0.2) is 67.0 Å². The minimum atomic E-state index is -1.30. The van der Waals surface area contributed by atoms with E-state index >= 15 is 0 Å². The summed E-state index contributed by atoms with van der Waals surface area (Å²) in [6, 6.07) is 15.2. The third kappa shape index (κ3) is 2.92. The van der Waals surface area contributed by atoms with Gasteiger partial charge in [-0.05, 0) is 48.0 Å². The molecule has 2 saturated heterocycles. The zero-order valence-electron chi connectivity index (χ0n) is 17.4. The predicted molar refractivity (Wildman–Crippen MR) is 126 cm³/mol. The smallest absolute Gasteiger partial charge is 0.250 e. The van der Waals surface area contributed by atoms with E-state index in [1.165, 1.54) is 18.3 Å². The van der Waals surface area contributed by atoms with Crippen LogP contribution in [-0.2, 0) is 10.3 Å². The van der Waals surface area contributed by atoms with Crippen LogP contribution in [0.2, 0.25) is 5.02 Å². The SMILES string of the molecule is O=C(c1cccnc1)[C@H]1[C@@H](c2ccc(Cl)cc2)[C@@H]2CSCN2[C@@]12C(=O)Nc1ccc(F)cc12. The molecule has 1 amide bonds. The van der Waals surface area contributed by atoms with Crippen molar-refractivity contribution in [3.05, 3.63) is 94.5 Å². The third-order valence-corrected chi connectivity index (χ3v) is 8.36. The molecule has 0 saturated carbocycles. The van der Waals surface area contributed by atoms with Crippen molar-refractivity contribution in [3.8, 4) is 0 Å². The molecule has 33 heavy (non-hydrogen) atoms. The molecule has 3 aliphatic rings. The molecule has 3 aromatic rings. The van der Waals surface area contributed by atoms with Gasteiger partial charge in [-0.15, -0.1) is 11.8 Å². The molecular weight excluding hydrogens is 461 g/mol. The topological polar surface area (TPSA) is 62.3 Å². The van der Waals surface area contributed by atoms with E-state index in [0.717, 1.165) is 11.3 Å². The summed E-state index contributed by atoms with van der Waals surface area (Å²) in [7, 11) is 0. The molecule has 0 radical (unpaired) electrons. The molecule has 3 aliphatic heterocycles. The number of halogens is 2. The number of nitrogens with one attached hydrogen (secondary N) is 1. The number of ketones is 1. The molecular formula is C25H19ClFN3O2S. The number of thioether (sulfide) groups is 1. The van der Waals surface area contributed by atoms with Crippen LogP contribution in [0.4, 0.5) is 10.1 Å². The minimum absolute atomic E-state index is 0.0678. The summed E-state index contributed by atoms with van der Waals surface area (Å²) in [6.45, 7) is 0. The molecule has 5 nitrogen and oxygen atoms in total. The lowest BCUT2D eigenvalue weighted by Crippen LogP contribution is -2.52. The highest BCUT2D eigenvalue weighted by Crippen LogP contribution is 2.61. The molecule has 8 heteroatoms. The van der Waals surface area contributed by atoms with Crippen LogP contribution < -0.4 is 5.32 Å². The van der Waals surface area contributed by atoms with Gasteiger partial charge in [0.15, 0.2) is 5.78 Å². The predicted octanol–water partition coefficient (Wildman–Crippen LogP) is 4.69. The summed E-state index contributed by atoms with van der Waals surface area (Å²) in [4.78, 5) is 34.2. The van der Waals surface area contributed by atoms with Crippen LogP contribution in [0.5, 0.6) is 0 Å².